The molecule has 0 aliphatic carbocycles. The van der Waals surface area contributed by atoms with Crippen molar-refractivity contribution in [1.29, 1.82) is 0 Å². The highest BCUT2D eigenvalue weighted by Crippen LogP contribution is 2.29. The zero-order valence-electron chi connectivity index (χ0n) is 19.4. The number of likely N-dealkylation sites (tertiary alicyclic amines) is 1. The molecule has 0 radical (unpaired) electrons. The van der Waals surface area contributed by atoms with Crippen LogP contribution in [0.15, 0.2) is 48.5 Å². The van der Waals surface area contributed by atoms with Crippen molar-refractivity contribution in [3.8, 4) is 5.75 Å². The molecule has 2 fully saturated rings. The van der Waals surface area contributed by atoms with Crippen molar-refractivity contribution < 1.29 is 28.7 Å². The predicted molar refractivity (Wildman–Crippen MR) is 125 cm³/mol. The SMILES string of the molecule is COc1cccc(C(=O)COC(=O)c2ccc(N3C(=O)CC(N4CCCC(C)C4)C3=O)cc2)c1. The fraction of sp³-hybridized carbons (Fsp3) is 0.385. The molecule has 8 heteroatoms. The number of carbonyl (C=O) groups is 4. The van der Waals surface area contributed by atoms with Gasteiger partial charge in [0.05, 0.1) is 30.8 Å². The Hall–Kier alpha value is -3.52. The molecular formula is C26H28N2O6. The molecule has 2 unspecified atom stereocenters. The second kappa shape index (κ2) is 10.2. The number of hydrogen-bond donors (Lipinski definition) is 0. The summed E-state index contributed by atoms with van der Waals surface area (Å²) in [6, 6.07) is 12.3. The molecular weight excluding hydrogens is 436 g/mol. The number of ether oxygens (including phenoxy) is 2. The van der Waals surface area contributed by atoms with E-state index in [1.54, 1.807) is 36.4 Å². The standard InChI is InChI=1S/C26H28N2O6/c1-17-5-4-12-27(15-17)22-14-24(30)28(25(22)31)20-10-8-18(9-11-20)26(32)34-16-23(29)19-6-3-7-21(13-19)33-2/h3,6-11,13,17,22H,4-5,12,14-16H2,1-2H3. The number of piperidine rings is 1. The largest absolute Gasteiger partial charge is 0.497 e. The van der Waals surface area contributed by atoms with Gasteiger partial charge in [0.25, 0.3) is 5.91 Å². The minimum Gasteiger partial charge on any atom is -0.497 e. The second-order valence-electron chi connectivity index (χ2n) is 8.81. The summed E-state index contributed by atoms with van der Waals surface area (Å²) in [6.07, 6.45) is 2.33. The number of ketones is 1. The topological polar surface area (TPSA) is 93.2 Å². The molecule has 2 aliphatic rings. The molecule has 0 bridgehead atoms. The highest BCUT2D eigenvalue weighted by Gasteiger charge is 2.43. The highest BCUT2D eigenvalue weighted by atomic mass is 16.5. The highest BCUT2D eigenvalue weighted by molar-refractivity contribution is 6.22. The molecule has 0 aromatic heterocycles. The zero-order chi connectivity index (χ0) is 24.2. The predicted octanol–water partition coefficient (Wildman–Crippen LogP) is 3.10. The van der Waals surface area contributed by atoms with Gasteiger partial charge in [-0.2, -0.15) is 0 Å². The molecule has 2 saturated heterocycles. The van der Waals surface area contributed by atoms with Crippen molar-refractivity contribution >= 4 is 29.3 Å². The molecule has 178 valence electrons. The van der Waals surface area contributed by atoms with Crippen LogP contribution in [0.25, 0.3) is 0 Å². The summed E-state index contributed by atoms with van der Waals surface area (Å²) in [6.45, 7) is 3.39. The molecule has 4 rings (SSSR count). The van der Waals surface area contributed by atoms with Crippen LogP contribution in [0.3, 0.4) is 0 Å². The summed E-state index contributed by atoms with van der Waals surface area (Å²) in [7, 11) is 1.50. The molecule has 34 heavy (non-hydrogen) atoms. The van der Waals surface area contributed by atoms with E-state index in [-0.39, 0.29) is 29.6 Å². The molecule has 2 heterocycles. The number of esters is 1. The van der Waals surface area contributed by atoms with E-state index in [9.17, 15) is 19.2 Å². The van der Waals surface area contributed by atoms with E-state index in [2.05, 4.69) is 11.8 Å². The molecule has 2 aromatic rings. The number of nitrogens with zero attached hydrogens (tertiary/aromatic N) is 2. The summed E-state index contributed by atoms with van der Waals surface area (Å²) < 4.78 is 10.2. The van der Waals surface area contributed by atoms with E-state index < -0.39 is 18.6 Å². The quantitative estimate of drug-likeness (QED) is 0.353. The van der Waals surface area contributed by atoms with Crippen LogP contribution in [0, 0.1) is 5.92 Å². The Bertz CT molecular complexity index is 1100. The average Bonchev–Trinajstić information content (AvgIpc) is 3.16. The second-order valence-corrected chi connectivity index (χ2v) is 8.81. The Morgan fingerprint density at radius 3 is 2.53 bits per heavy atom. The van der Waals surface area contributed by atoms with Gasteiger partial charge in [-0.1, -0.05) is 19.1 Å². The van der Waals surface area contributed by atoms with E-state index >= 15 is 0 Å². The number of amides is 2. The van der Waals surface area contributed by atoms with Crippen LogP contribution in [0.5, 0.6) is 5.75 Å². The molecule has 2 amide bonds. The Labute approximate surface area is 198 Å². The summed E-state index contributed by atoms with van der Waals surface area (Å²) >= 11 is 0. The lowest BCUT2D eigenvalue weighted by atomic mass is 9.98. The van der Waals surface area contributed by atoms with Gasteiger partial charge in [-0.3, -0.25) is 19.3 Å². The average molecular weight is 465 g/mol. The van der Waals surface area contributed by atoms with Gasteiger partial charge in [-0.25, -0.2) is 9.69 Å². The summed E-state index contributed by atoms with van der Waals surface area (Å²) in [5, 5.41) is 0. The molecule has 2 aromatic carbocycles. The fourth-order valence-corrected chi connectivity index (χ4v) is 4.52. The van der Waals surface area contributed by atoms with Crippen molar-refractivity contribution in [2.45, 2.75) is 32.2 Å². The fourth-order valence-electron chi connectivity index (χ4n) is 4.52. The van der Waals surface area contributed by atoms with Gasteiger partial charge in [-0.15, -0.1) is 0 Å². The van der Waals surface area contributed by atoms with E-state index in [0.717, 1.165) is 25.9 Å². The molecule has 0 N–H and O–H groups in total. The van der Waals surface area contributed by atoms with Gasteiger partial charge < -0.3 is 9.47 Å². The first-order valence-corrected chi connectivity index (χ1v) is 11.4. The number of carbonyl (C=O) groups excluding carboxylic acids is 4. The van der Waals surface area contributed by atoms with Gasteiger partial charge in [0.1, 0.15) is 5.75 Å². The van der Waals surface area contributed by atoms with Crippen molar-refractivity contribution in [3.63, 3.8) is 0 Å². The summed E-state index contributed by atoms with van der Waals surface area (Å²) in [5.41, 5.74) is 1.03. The minimum atomic E-state index is -0.665. The van der Waals surface area contributed by atoms with Crippen molar-refractivity contribution in [2.24, 2.45) is 5.92 Å². The third kappa shape index (κ3) is 5.02. The Balaban J connectivity index is 1.37. The molecule has 0 saturated carbocycles. The van der Waals surface area contributed by atoms with Crippen LogP contribution in [0.2, 0.25) is 0 Å². The zero-order valence-corrected chi connectivity index (χ0v) is 19.4. The van der Waals surface area contributed by atoms with Crippen LogP contribution in [-0.4, -0.2) is 61.3 Å². The number of imide groups is 1. The maximum Gasteiger partial charge on any atom is 0.338 e. The van der Waals surface area contributed by atoms with Gasteiger partial charge in [-0.05, 0) is 61.7 Å². The van der Waals surface area contributed by atoms with Crippen LogP contribution in [0.1, 0.15) is 46.9 Å². The first kappa shape index (κ1) is 23.6. The monoisotopic (exact) mass is 464 g/mol. The van der Waals surface area contributed by atoms with Crippen LogP contribution < -0.4 is 9.64 Å². The smallest absolute Gasteiger partial charge is 0.338 e. The van der Waals surface area contributed by atoms with E-state index in [1.807, 2.05) is 0 Å². The first-order chi connectivity index (χ1) is 16.4. The van der Waals surface area contributed by atoms with E-state index in [4.69, 9.17) is 9.47 Å². The molecule has 2 aliphatic heterocycles. The van der Waals surface area contributed by atoms with Crippen molar-refractivity contribution in [2.75, 3.05) is 31.7 Å². The van der Waals surface area contributed by atoms with Crippen LogP contribution >= 0.6 is 0 Å². The Morgan fingerprint density at radius 1 is 1.06 bits per heavy atom. The number of hydrogen-bond acceptors (Lipinski definition) is 7. The lowest BCUT2D eigenvalue weighted by Crippen LogP contribution is -2.46. The summed E-state index contributed by atoms with van der Waals surface area (Å²) in [4.78, 5) is 53.7. The number of Topliss-reactive ketones (excluding diaryl/α,β-unsaturated/α-hetero) is 1. The third-order valence-electron chi connectivity index (χ3n) is 6.34. The maximum absolute atomic E-state index is 13.0. The van der Waals surface area contributed by atoms with Gasteiger partial charge >= 0.3 is 5.97 Å². The number of methoxy groups -OCH3 is 1. The number of anilines is 1. The Morgan fingerprint density at radius 2 is 1.82 bits per heavy atom. The molecule has 8 nitrogen and oxygen atoms in total. The normalized spacial score (nSPS) is 20.9. The number of rotatable bonds is 7. The third-order valence-corrected chi connectivity index (χ3v) is 6.34. The van der Waals surface area contributed by atoms with Crippen LogP contribution in [-0.2, 0) is 14.3 Å². The van der Waals surface area contributed by atoms with Gasteiger partial charge in [0.2, 0.25) is 5.91 Å². The van der Waals surface area contributed by atoms with Crippen molar-refractivity contribution in [3.05, 3.63) is 59.7 Å². The maximum atomic E-state index is 13.0. The minimum absolute atomic E-state index is 0.168. The molecule has 2 atom stereocenters. The van der Waals surface area contributed by atoms with Gasteiger partial charge in [0.15, 0.2) is 12.4 Å². The first-order valence-electron chi connectivity index (χ1n) is 11.4. The van der Waals surface area contributed by atoms with Gasteiger partial charge in [0, 0.05) is 12.1 Å². The lowest BCUT2D eigenvalue weighted by molar-refractivity contribution is -0.123. The van der Waals surface area contributed by atoms with Crippen molar-refractivity contribution in [1.82, 2.24) is 4.90 Å². The van der Waals surface area contributed by atoms with E-state index in [0.29, 0.717) is 22.9 Å². The summed E-state index contributed by atoms with van der Waals surface area (Å²) in [5.74, 6) is -0.439. The Kier molecular flexibility index (Phi) is 7.07. The lowest BCUT2D eigenvalue weighted by Gasteiger charge is -2.34. The van der Waals surface area contributed by atoms with Crippen LogP contribution in [0.4, 0.5) is 5.69 Å². The number of benzene rings is 2. The van der Waals surface area contributed by atoms with E-state index in [1.165, 1.54) is 24.1 Å². The molecule has 0 spiro atoms.